The van der Waals surface area contributed by atoms with E-state index in [1.54, 1.807) is 22.7 Å². The van der Waals surface area contributed by atoms with Crippen LogP contribution in [-0.2, 0) is 30.8 Å². The topological polar surface area (TPSA) is 38.1 Å². The molecule has 0 unspecified atom stereocenters. The van der Waals surface area contributed by atoms with Gasteiger partial charge in [-0.15, -0.1) is 22.7 Å². The van der Waals surface area contributed by atoms with Crippen LogP contribution in [0.15, 0.2) is 35.0 Å². The van der Waals surface area contributed by atoms with Gasteiger partial charge in [-0.1, -0.05) is 26.0 Å². The van der Waals surface area contributed by atoms with E-state index in [0.717, 1.165) is 18.7 Å². The number of thiophene rings is 2. The van der Waals surface area contributed by atoms with Crippen LogP contribution in [0.3, 0.4) is 0 Å². The molecule has 0 aliphatic carbocycles. The second-order valence-corrected chi connectivity index (χ2v) is 9.70. The smallest absolute Gasteiger partial charge is 0.223 e. The minimum absolute atomic E-state index is 0.206. The van der Waals surface area contributed by atoms with Crippen LogP contribution in [0.4, 0.5) is 0 Å². The first-order chi connectivity index (χ1) is 13.4. The van der Waals surface area contributed by atoms with Crippen molar-refractivity contribution in [1.82, 2.24) is 14.7 Å². The Morgan fingerprint density at radius 2 is 1.71 bits per heavy atom. The SMILES string of the molecule is Cc1nn(CC(C)C)c(C)c1CCC(=O)N(Cc1cccs1)Cc1cccs1. The van der Waals surface area contributed by atoms with Gasteiger partial charge in [0.15, 0.2) is 0 Å². The van der Waals surface area contributed by atoms with E-state index >= 15 is 0 Å². The van der Waals surface area contributed by atoms with Gasteiger partial charge in [0, 0.05) is 28.4 Å². The van der Waals surface area contributed by atoms with E-state index in [1.807, 2.05) is 17.0 Å². The zero-order chi connectivity index (χ0) is 20.1. The van der Waals surface area contributed by atoms with Crippen molar-refractivity contribution in [3.8, 4) is 0 Å². The highest BCUT2D eigenvalue weighted by Crippen LogP contribution is 2.20. The average Bonchev–Trinajstić information content (AvgIpc) is 3.37. The molecule has 0 radical (unpaired) electrons. The Bertz CT molecular complexity index is 843. The lowest BCUT2D eigenvalue weighted by Crippen LogP contribution is -2.29. The summed E-state index contributed by atoms with van der Waals surface area (Å²) in [6.07, 6.45) is 1.27. The highest BCUT2D eigenvalue weighted by molar-refractivity contribution is 7.10. The highest BCUT2D eigenvalue weighted by Gasteiger charge is 2.18. The molecule has 0 aliphatic rings. The predicted molar refractivity (Wildman–Crippen MR) is 118 cm³/mol. The maximum absolute atomic E-state index is 13.1. The molecule has 6 heteroatoms. The number of amides is 1. The first kappa shape index (κ1) is 20.8. The Morgan fingerprint density at radius 1 is 1.11 bits per heavy atom. The molecule has 0 atom stereocenters. The summed E-state index contributed by atoms with van der Waals surface area (Å²) in [4.78, 5) is 17.5. The number of rotatable bonds is 9. The molecule has 150 valence electrons. The van der Waals surface area contributed by atoms with Gasteiger partial charge in [0.05, 0.1) is 18.8 Å². The maximum Gasteiger partial charge on any atom is 0.223 e. The fraction of sp³-hybridized carbons (Fsp3) is 0.455. The predicted octanol–water partition coefficient (Wildman–Crippen LogP) is 5.44. The van der Waals surface area contributed by atoms with Gasteiger partial charge in [-0.2, -0.15) is 5.10 Å². The van der Waals surface area contributed by atoms with Crippen molar-refractivity contribution >= 4 is 28.6 Å². The summed E-state index contributed by atoms with van der Waals surface area (Å²) in [6, 6.07) is 8.29. The molecule has 3 aromatic heterocycles. The summed E-state index contributed by atoms with van der Waals surface area (Å²) in [6.45, 7) is 10.9. The standard InChI is InChI=1S/C22H29N3OS2/c1-16(2)13-25-18(4)21(17(3)23-25)9-10-22(26)24(14-19-7-5-11-27-19)15-20-8-6-12-28-20/h5-8,11-12,16H,9-10,13-15H2,1-4H3. The van der Waals surface area contributed by atoms with Crippen molar-refractivity contribution in [2.75, 3.05) is 0 Å². The van der Waals surface area contributed by atoms with E-state index in [4.69, 9.17) is 0 Å². The molecule has 0 fully saturated rings. The first-order valence-corrected chi connectivity index (χ1v) is 11.6. The molecule has 3 aromatic rings. The number of hydrogen-bond donors (Lipinski definition) is 0. The van der Waals surface area contributed by atoms with Crippen LogP contribution in [0, 0.1) is 19.8 Å². The van der Waals surface area contributed by atoms with Crippen LogP contribution in [0.25, 0.3) is 0 Å². The second kappa shape index (κ2) is 9.52. The van der Waals surface area contributed by atoms with E-state index in [2.05, 4.69) is 60.4 Å². The molecule has 28 heavy (non-hydrogen) atoms. The van der Waals surface area contributed by atoms with Gasteiger partial charge in [-0.3, -0.25) is 9.48 Å². The largest absolute Gasteiger partial charge is 0.332 e. The molecule has 3 rings (SSSR count). The van der Waals surface area contributed by atoms with Crippen LogP contribution in [0.2, 0.25) is 0 Å². The Hall–Kier alpha value is -1.92. The third-order valence-electron chi connectivity index (χ3n) is 4.86. The Balaban J connectivity index is 1.69. The number of hydrogen-bond acceptors (Lipinski definition) is 4. The summed E-state index contributed by atoms with van der Waals surface area (Å²) in [5.74, 6) is 0.761. The van der Waals surface area contributed by atoms with E-state index in [-0.39, 0.29) is 5.91 Å². The van der Waals surface area contributed by atoms with Gasteiger partial charge >= 0.3 is 0 Å². The zero-order valence-corrected chi connectivity index (χ0v) is 18.8. The first-order valence-electron chi connectivity index (χ1n) is 9.79. The number of carbonyl (C=O) groups is 1. The third-order valence-corrected chi connectivity index (χ3v) is 6.59. The van der Waals surface area contributed by atoms with E-state index < -0.39 is 0 Å². The molecule has 0 saturated carbocycles. The Kier molecular flexibility index (Phi) is 7.08. The molecule has 0 aromatic carbocycles. The van der Waals surface area contributed by atoms with Gasteiger partial charge < -0.3 is 4.90 Å². The number of aromatic nitrogens is 2. The van der Waals surface area contributed by atoms with Crippen molar-refractivity contribution in [3.63, 3.8) is 0 Å². The summed E-state index contributed by atoms with van der Waals surface area (Å²) in [5.41, 5.74) is 3.47. The van der Waals surface area contributed by atoms with Crippen LogP contribution >= 0.6 is 22.7 Å². The lowest BCUT2D eigenvalue weighted by atomic mass is 10.1. The van der Waals surface area contributed by atoms with Crippen LogP contribution in [0.5, 0.6) is 0 Å². The number of nitrogens with zero attached hydrogens (tertiary/aromatic N) is 3. The lowest BCUT2D eigenvalue weighted by molar-refractivity contribution is -0.132. The minimum atomic E-state index is 0.206. The summed E-state index contributed by atoms with van der Waals surface area (Å²) >= 11 is 3.41. The van der Waals surface area contributed by atoms with Crippen molar-refractivity contribution in [3.05, 3.63) is 61.7 Å². The van der Waals surface area contributed by atoms with Crippen molar-refractivity contribution in [2.45, 2.75) is 60.2 Å². The molecule has 0 N–H and O–H groups in total. The van der Waals surface area contributed by atoms with Gasteiger partial charge in [-0.25, -0.2) is 0 Å². The monoisotopic (exact) mass is 415 g/mol. The Labute approximate surface area is 175 Å². The van der Waals surface area contributed by atoms with Gasteiger partial charge in [0.2, 0.25) is 5.91 Å². The van der Waals surface area contributed by atoms with Gasteiger partial charge in [-0.05, 0) is 54.6 Å². The van der Waals surface area contributed by atoms with E-state index in [1.165, 1.54) is 21.0 Å². The highest BCUT2D eigenvalue weighted by atomic mass is 32.1. The average molecular weight is 416 g/mol. The minimum Gasteiger partial charge on any atom is -0.332 e. The second-order valence-electron chi connectivity index (χ2n) is 7.63. The van der Waals surface area contributed by atoms with Gasteiger partial charge in [0.25, 0.3) is 0 Å². The molecule has 0 bridgehead atoms. The number of carbonyl (C=O) groups excluding carboxylic acids is 1. The molecular formula is C22H29N3OS2. The molecule has 3 heterocycles. The Morgan fingerprint density at radius 3 is 2.21 bits per heavy atom. The quantitative estimate of drug-likeness (QED) is 0.467. The van der Waals surface area contributed by atoms with Crippen LogP contribution in [0.1, 0.15) is 47.0 Å². The molecule has 1 amide bonds. The lowest BCUT2D eigenvalue weighted by Gasteiger charge is -2.21. The molecule has 0 aliphatic heterocycles. The molecular weight excluding hydrogens is 386 g/mol. The fourth-order valence-electron chi connectivity index (χ4n) is 3.42. The molecule has 0 spiro atoms. The maximum atomic E-state index is 13.1. The van der Waals surface area contributed by atoms with Gasteiger partial charge in [0.1, 0.15) is 0 Å². The van der Waals surface area contributed by atoms with Crippen molar-refractivity contribution in [2.24, 2.45) is 5.92 Å². The van der Waals surface area contributed by atoms with Crippen molar-refractivity contribution in [1.29, 1.82) is 0 Å². The fourth-order valence-corrected chi connectivity index (χ4v) is 4.86. The van der Waals surface area contributed by atoms with E-state index in [9.17, 15) is 4.79 Å². The van der Waals surface area contributed by atoms with Crippen LogP contribution < -0.4 is 0 Å². The van der Waals surface area contributed by atoms with Crippen molar-refractivity contribution < 1.29 is 4.79 Å². The van der Waals surface area contributed by atoms with E-state index in [0.29, 0.717) is 25.4 Å². The summed E-state index contributed by atoms with van der Waals surface area (Å²) < 4.78 is 2.09. The summed E-state index contributed by atoms with van der Waals surface area (Å²) in [5, 5.41) is 8.83. The molecule has 0 saturated heterocycles. The normalized spacial score (nSPS) is 11.3. The number of aryl methyl sites for hydroxylation is 1. The molecule has 4 nitrogen and oxygen atoms in total. The summed E-state index contributed by atoms with van der Waals surface area (Å²) in [7, 11) is 0. The van der Waals surface area contributed by atoms with Crippen LogP contribution in [-0.4, -0.2) is 20.6 Å². The third kappa shape index (κ3) is 5.32. The zero-order valence-electron chi connectivity index (χ0n) is 17.1.